The molecule has 0 aliphatic heterocycles. The Morgan fingerprint density at radius 3 is 2.50 bits per heavy atom. The first-order valence-electron chi connectivity index (χ1n) is 11.0. The number of aromatic nitrogens is 1. The van der Waals surface area contributed by atoms with Crippen molar-refractivity contribution < 1.29 is 22.7 Å². The number of aryl methyl sites for hydroxylation is 1. The van der Waals surface area contributed by atoms with E-state index in [1.165, 1.54) is 5.56 Å². The second-order valence-corrected chi connectivity index (χ2v) is 9.80. The normalized spacial score (nSPS) is 13.3. The number of amides is 1. The molecule has 0 aliphatic carbocycles. The summed E-state index contributed by atoms with van der Waals surface area (Å²) < 4.78 is 29.8. The van der Waals surface area contributed by atoms with Crippen molar-refractivity contribution in [2.45, 2.75) is 38.5 Å². The SMILES string of the molecule is CCc1cccc(CNC[C@H](O)[C@H](Cc2ccccc2)NC(=O)c2coc(NS(C)(=O)=O)n2)c1. The van der Waals surface area contributed by atoms with Crippen LogP contribution in [0.3, 0.4) is 0 Å². The van der Waals surface area contributed by atoms with Crippen molar-refractivity contribution in [3.63, 3.8) is 0 Å². The van der Waals surface area contributed by atoms with E-state index in [9.17, 15) is 18.3 Å². The van der Waals surface area contributed by atoms with Gasteiger partial charge in [0.15, 0.2) is 5.69 Å². The maximum Gasteiger partial charge on any atom is 0.309 e. The molecule has 0 saturated heterocycles. The van der Waals surface area contributed by atoms with Gasteiger partial charge in [0.1, 0.15) is 6.26 Å². The molecule has 1 amide bonds. The zero-order chi connectivity index (χ0) is 24.6. The summed E-state index contributed by atoms with van der Waals surface area (Å²) in [6, 6.07) is 16.8. The third kappa shape index (κ3) is 7.98. The van der Waals surface area contributed by atoms with Gasteiger partial charge in [-0.3, -0.25) is 4.79 Å². The largest absolute Gasteiger partial charge is 0.431 e. The standard InChI is InChI=1S/C24H30N4O5S/c1-3-17-10-7-11-19(12-17)14-25-15-22(29)20(13-18-8-5-4-6-9-18)26-23(30)21-16-33-24(27-21)28-34(2,31)32/h4-12,16,20,22,25,29H,3,13-15H2,1-2H3,(H,26,30)(H,27,28)/t20-,22-/m0/s1. The van der Waals surface area contributed by atoms with E-state index in [1.807, 2.05) is 42.5 Å². The van der Waals surface area contributed by atoms with Gasteiger partial charge >= 0.3 is 6.01 Å². The number of hydrogen-bond donors (Lipinski definition) is 4. The number of hydrogen-bond acceptors (Lipinski definition) is 7. The van der Waals surface area contributed by atoms with E-state index in [1.54, 1.807) is 0 Å². The summed E-state index contributed by atoms with van der Waals surface area (Å²) in [6.45, 7) is 2.94. The van der Waals surface area contributed by atoms with Crippen LogP contribution >= 0.6 is 0 Å². The van der Waals surface area contributed by atoms with Crippen LogP contribution in [0, 0.1) is 0 Å². The second-order valence-electron chi connectivity index (χ2n) is 8.05. The van der Waals surface area contributed by atoms with Gasteiger partial charge in [-0.15, -0.1) is 0 Å². The lowest BCUT2D eigenvalue weighted by molar-refractivity contribution is 0.0825. The van der Waals surface area contributed by atoms with Crippen LogP contribution in [0.15, 0.2) is 65.3 Å². The number of sulfonamides is 1. The zero-order valence-electron chi connectivity index (χ0n) is 19.2. The van der Waals surface area contributed by atoms with Gasteiger partial charge in [0, 0.05) is 13.1 Å². The average molecular weight is 487 g/mol. The summed E-state index contributed by atoms with van der Waals surface area (Å²) >= 11 is 0. The molecular formula is C24H30N4O5S. The summed E-state index contributed by atoms with van der Waals surface area (Å²) in [4.78, 5) is 16.6. The van der Waals surface area contributed by atoms with Crippen molar-refractivity contribution in [1.29, 1.82) is 0 Å². The van der Waals surface area contributed by atoms with Crippen LogP contribution in [0.4, 0.5) is 6.01 Å². The van der Waals surface area contributed by atoms with Gasteiger partial charge in [-0.05, 0) is 29.5 Å². The Kier molecular flexibility index (Phi) is 8.80. The highest BCUT2D eigenvalue weighted by Gasteiger charge is 2.24. The molecule has 182 valence electrons. The summed E-state index contributed by atoms with van der Waals surface area (Å²) in [5.41, 5.74) is 3.21. The summed E-state index contributed by atoms with van der Waals surface area (Å²) in [6.07, 6.45) is 2.47. The first-order chi connectivity index (χ1) is 16.2. The third-order valence-electron chi connectivity index (χ3n) is 5.17. The van der Waals surface area contributed by atoms with Gasteiger partial charge in [-0.25, -0.2) is 13.1 Å². The Bertz CT molecular complexity index is 1180. The lowest BCUT2D eigenvalue weighted by atomic mass is 10.0. The van der Waals surface area contributed by atoms with Crippen LogP contribution in [0.2, 0.25) is 0 Å². The second kappa shape index (κ2) is 11.8. The van der Waals surface area contributed by atoms with Crippen LogP contribution in [0.5, 0.6) is 0 Å². The zero-order valence-corrected chi connectivity index (χ0v) is 20.0. The number of benzene rings is 2. The number of aliphatic hydroxyl groups excluding tert-OH is 1. The van der Waals surface area contributed by atoms with Crippen LogP contribution in [-0.4, -0.2) is 49.4 Å². The van der Waals surface area contributed by atoms with Gasteiger partial charge < -0.3 is 20.2 Å². The molecule has 0 radical (unpaired) electrons. The van der Waals surface area contributed by atoms with Gasteiger partial charge in [0.2, 0.25) is 10.0 Å². The number of carbonyl (C=O) groups is 1. The molecule has 1 heterocycles. The van der Waals surface area contributed by atoms with Crippen LogP contribution in [0.25, 0.3) is 0 Å². The van der Waals surface area contributed by atoms with Crippen molar-refractivity contribution in [3.05, 3.63) is 83.2 Å². The van der Waals surface area contributed by atoms with Crippen LogP contribution in [0.1, 0.15) is 34.1 Å². The van der Waals surface area contributed by atoms with E-state index < -0.39 is 28.1 Å². The number of rotatable bonds is 12. The molecule has 1 aromatic heterocycles. The predicted octanol–water partition coefficient (Wildman–Crippen LogP) is 2.10. The molecule has 10 heteroatoms. The van der Waals surface area contributed by atoms with Crippen molar-refractivity contribution in [2.24, 2.45) is 0 Å². The molecule has 3 rings (SSSR count). The molecule has 0 saturated carbocycles. The van der Waals surface area contributed by atoms with Gasteiger partial charge in [0.05, 0.1) is 18.4 Å². The molecule has 9 nitrogen and oxygen atoms in total. The average Bonchev–Trinajstić information content (AvgIpc) is 3.26. The Labute approximate surface area is 199 Å². The molecule has 0 aliphatic rings. The van der Waals surface area contributed by atoms with Gasteiger partial charge in [0.25, 0.3) is 5.91 Å². The lowest BCUT2D eigenvalue weighted by Gasteiger charge is -2.24. The summed E-state index contributed by atoms with van der Waals surface area (Å²) in [5, 5.41) is 16.9. The molecule has 4 N–H and O–H groups in total. The molecule has 2 aromatic carbocycles. The fraction of sp³-hybridized carbons (Fsp3) is 0.333. The van der Waals surface area contributed by atoms with Crippen molar-refractivity contribution >= 4 is 21.9 Å². The number of anilines is 1. The minimum Gasteiger partial charge on any atom is -0.431 e. The van der Waals surface area contributed by atoms with Gasteiger partial charge in [-0.2, -0.15) is 4.98 Å². The molecule has 0 unspecified atom stereocenters. The smallest absolute Gasteiger partial charge is 0.309 e. The minimum absolute atomic E-state index is 0.0965. The molecule has 0 fully saturated rings. The Balaban J connectivity index is 1.65. The first kappa shape index (κ1) is 25.4. The van der Waals surface area contributed by atoms with Crippen molar-refractivity contribution in [3.8, 4) is 0 Å². The molecule has 3 aromatic rings. The topological polar surface area (TPSA) is 134 Å². The highest BCUT2D eigenvalue weighted by Crippen LogP contribution is 2.12. The number of nitrogens with one attached hydrogen (secondary N) is 3. The molecule has 0 spiro atoms. The fourth-order valence-electron chi connectivity index (χ4n) is 3.44. The molecule has 34 heavy (non-hydrogen) atoms. The number of nitrogens with zero attached hydrogens (tertiary/aromatic N) is 1. The van der Waals surface area contributed by atoms with E-state index in [4.69, 9.17) is 4.42 Å². The third-order valence-corrected chi connectivity index (χ3v) is 5.72. The van der Waals surface area contributed by atoms with E-state index in [2.05, 4.69) is 39.4 Å². The monoisotopic (exact) mass is 486 g/mol. The maximum absolute atomic E-state index is 12.8. The molecule has 0 bridgehead atoms. The van der Waals surface area contributed by atoms with E-state index in [0.717, 1.165) is 30.1 Å². The molecular weight excluding hydrogens is 456 g/mol. The number of aliphatic hydroxyl groups is 1. The van der Waals surface area contributed by atoms with E-state index >= 15 is 0 Å². The van der Waals surface area contributed by atoms with Crippen molar-refractivity contribution in [2.75, 3.05) is 17.5 Å². The lowest BCUT2D eigenvalue weighted by Crippen LogP contribution is -2.48. The molecule has 2 atom stereocenters. The summed E-state index contributed by atoms with van der Waals surface area (Å²) in [7, 11) is -3.59. The Hall–Kier alpha value is -3.21. The van der Waals surface area contributed by atoms with Crippen molar-refractivity contribution in [1.82, 2.24) is 15.6 Å². The van der Waals surface area contributed by atoms with Crippen LogP contribution in [-0.2, 0) is 29.4 Å². The number of carbonyl (C=O) groups excluding carboxylic acids is 1. The maximum atomic E-state index is 12.8. The quantitative estimate of drug-likeness (QED) is 0.308. The highest BCUT2D eigenvalue weighted by molar-refractivity contribution is 7.91. The first-order valence-corrected chi connectivity index (χ1v) is 12.9. The Morgan fingerprint density at radius 1 is 1.09 bits per heavy atom. The predicted molar refractivity (Wildman–Crippen MR) is 130 cm³/mol. The van der Waals surface area contributed by atoms with Crippen LogP contribution < -0.4 is 15.4 Å². The van der Waals surface area contributed by atoms with E-state index in [0.29, 0.717) is 13.0 Å². The van der Waals surface area contributed by atoms with Gasteiger partial charge in [-0.1, -0.05) is 61.5 Å². The van der Waals surface area contributed by atoms with E-state index in [-0.39, 0.29) is 18.3 Å². The highest BCUT2D eigenvalue weighted by atomic mass is 32.2. The Morgan fingerprint density at radius 2 is 1.79 bits per heavy atom. The fourth-order valence-corrected chi connectivity index (χ4v) is 3.85. The number of oxazole rings is 1. The minimum atomic E-state index is -3.59. The summed E-state index contributed by atoms with van der Waals surface area (Å²) in [5.74, 6) is -0.582.